The Morgan fingerprint density at radius 2 is 1.83 bits per heavy atom. The summed E-state index contributed by atoms with van der Waals surface area (Å²) >= 11 is 0. The molecule has 0 aliphatic rings. The number of hydrogen-bond donors (Lipinski definition) is 3. The Morgan fingerprint density at radius 3 is 2.48 bits per heavy atom. The van der Waals surface area contributed by atoms with Crippen LogP contribution in [0.15, 0.2) is 47.1 Å². The summed E-state index contributed by atoms with van der Waals surface area (Å²) in [5.41, 5.74) is 1.09. The van der Waals surface area contributed by atoms with Gasteiger partial charge in [0, 0.05) is 16.9 Å². The van der Waals surface area contributed by atoms with Gasteiger partial charge in [-0.25, -0.2) is 0 Å². The monoisotopic (exact) mass is 315 g/mol. The van der Waals surface area contributed by atoms with E-state index >= 15 is 0 Å². The summed E-state index contributed by atoms with van der Waals surface area (Å²) in [6, 6.07) is 10.4. The molecule has 2 rings (SSSR count). The number of amides is 2. The number of nitrogens with one attached hydrogen (secondary N) is 3. The molecule has 1 aromatic carbocycles. The van der Waals surface area contributed by atoms with Gasteiger partial charge in [0.25, 0.3) is 5.91 Å². The third kappa shape index (κ3) is 5.50. The molecule has 2 amide bonds. The predicted octanol–water partition coefficient (Wildman–Crippen LogP) is 2.86. The molecule has 1 heterocycles. The molecule has 0 spiro atoms. The van der Waals surface area contributed by atoms with Gasteiger partial charge in [0.1, 0.15) is 0 Å². The zero-order chi connectivity index (χ0) is 16.9. The van der Waals surface area contributed by atoms with Crippen molar-refractivity contribution in [2.24, 2.45) is 0 Å². The highest BCUT2D eigenvalue weighted by Crippen LogP contribution is 2.16. The molecule has 0 atom stereocenters. The van der Waals surface area contributed by atoms with Crippen LogP contribution in [0.1, 0.15) is 31.3 Å². The van der Waals surface area contributed by atoms with Crippen LogP contribution in [-0.2, 0) is 4.79 Å². The van der Waals surface area contributed by atoms with Gasteiger partial charge in [-0.15, -0.1) is 0 Å². The van der Waals surface area contributed by atoms with Gasteiger partial charge in [-0.3, -0.25) is 9.59 Å². The summed E-state index contributed by atoms with van der Waals surface area (Å²) in [5.74, 6) is -0.173. The largest absolute Gasteiger partial charge is 0.459 e. The van der Waals surface area contributed by atoms with Crippen LogP contribution in [0, 0.1) is 0 Å². The molecular formula is C17H21N3O3. The van der Waals surface area contributed by atoms with Crippen LogP contribution in [0.5, 0.6) is 0 Å². The van der Waals surface area contributed by atoms with Crippen LogP contribution >= 0.6 is 0 Å². The van der Waals surface area contributed by atoms with E-state index in [1.54, 1.807) is 30.3 Å². The minimum Gasteiger partial charge on any atom is -0.459 e. The lowest BCUT2D eigenvalue weighted by Crippen LogP contribution is -2.43. The number of carbonyl (C=O) groups is 2. The zero-order valence-corrected chi connectivity index (χ0v) is 13.5. The maximum Gasteiger partial charge on any atom is 0.291 e. The highest BCUT2D eigenvalue weighted by molar-refractivity contribution is 6.02. The van der Waals surface area contributed by atoms with Crippen molar-refractivity contribution in [2.75, 3.05) is 17.2 Å². The number of rotatable bonds is 5. The first-order valence-corrected chi connectivity index (χ1v) is 7.33. The van der Waals surface area contributed by atoms with E-state index in [1.807, 2.05) is 26.8 Å². The smallest absolute Gasteiger partial charge is 0.291 e. The zero-order valence-electron chi connectivity index (χ0n) is 13.5. The van der Waals surface area contributed by atoms with Crippen molar-refractivity contribution in [3.05, 3.63) is 48.4 Å². The number of furan rings is 1. The Hall–Kier alpha value is -2.76. The lowest BCUT2D eigenvalue weighted by molar-refractivity contribution is -0.120. The average molecular weight is 315 g/mol. The summed E-state index contributed by atoms with van der Waals surface area (Å²) < 4.78 is 5.04. The quantitative estimate of drug-likeness (QED) is 0.792. The van der Waals surface area contributed by atoms with Crippen LogP contribution < -0.4 is 16.0 Å². The molecule has 6 nitrogen and oxygen atoms in total. The Labute approximate surface area is 135 Å². The first kappa shape index (κ1) is 16.6. The molecule has 0 fully saturated rings. The average Bonchev–Trinajstić information content (AvgIpc) is 2.98. The topological polar surface area (TPSA) is 83.4 Å². The minimum absolute atomic E-state index is 0.0949. The molecule has 0 aliphatic heterocycles. The fraction of sp³-hybridized carbons (Fsp3) is 0.294. The molecule has 0 radical (unpaired) electrons. The minimum atomic E-state index is -0.322. The van der Waals surface area contributed by atoms with E-state index in [-0.39, 0.29) is 29.7 Å². The van der Waals surface area contributed by atoms with Crippen LogP contribution in [0.2, 0.25) is 0 Å². The lowest BCUT2D eigenvalue weighted by atomic mass is 10.1. The highest BCUT2D eigenvalue weighted by atomic mass is 16.3. The molecule has 0 saturated heterocycles. The van der Waals surface area contributed by atoms with Crippen molar-refractivity contribution in [3.63, 3.8) is 0 Å². The van der Waals surface area contributed by atoms with Gasteiger partial charge >= 0.3 is 0 Å². The van der Waals surface area contributed by atoms with E-state index in [0.717, 1.165) is 5.69 Å². The van der Waals surface area contributed by atoms with Crippen LogP contribution in [0.3, 0.4) is 0 Å². The van der Waals surface area contributed by atoms with Gasteiger partial charge in [-0.05, 0) is 51.1 Å². The third-order valence-corrected chi connectivity index (χ3v) is 2.83. The first-order valence-electron chi connectivity index (χ1n) is 7.33. The number of hydrogen-bond acceptors (Lipinski definition) is 4. The molecule has 6 heteroatoms. The molecular weight excluding hydrogens is 294 g/mol. The van der Waals surface area contributed by atoms with Gasteiger partial charge in [0.2, 0.25) is 5.91 Å². The van der Waals surface area contributed by atoms with E-state index in [9.17, 15) is 9.59 Å². The van der Waals surface area contributed by atoms with Crippen LogP contribution in [-0.4, -0.2) is 23.9 Å². The fourth-order valence-electron chi connectivity index (χ4n) is 1.95. The van der Waals surface area contributed by atoms with E-state index < -0.39 is 0 Å². The standard InChI is InChI=1S/C17H21N3O3/c1-17(2,3)20-15(21)11-18-12-6-4-7-13(10-12)19-16(22)14-8-5-9-23-14/h4-10,18H,11H2,1-3H3,(H,19,22)(H,20,21). The van der Waals surface area contributed by atoms with E-state index in [1.165, 1.54) is 6.26 Å². The van der Waals surface area contributed by atoms with Crippen LogP contribution in [0.25, 0.3) is 0 Å². The van der Waals surface area contributed by atoms with Gasteiger partial charge in [0.15, 0.2) is 5.76 Å². The number of carbonyl (C=O) groups excluding carboxylic acids is 2. The Morgan fingerprint density at radius 1 is 1.09 bits per heavy atom. The van der Waals surface area contributed by atoms with Crippen molar-refractivity contribution in [3.8, 4) is 0 Å². The number of benzene rings is 1. The molecule has 23 heavy (non-hydrogen) atoms. The normalized spacial score (nSPS) is 10.9. The van der Waals surface area contributed by atoms with Crippen molar-refractivity contribution in [1.29, 1.82) is 0 Å². The second-order valence-electron chi connectivity index (χ2n) is 6.16. The molecule has 0 bridgehead atoms. The van der Waals surface area contributed by atoms with Gasteiger partial charge in [0.05, 0.1) is 12.8 Å². The van der Waals surface area contributed by atoms with E-state index in [4.69, 9.17) is 4.42 Å². The second kappa shape index (κ2) is 7.00. The SMILES string of the molecule is CC(C)(C)NC(=O)CNc1cccc(NC(=O)c2ccco2)c1. The lowest BCUT2D eigenvalue weighted by Gasteiger charge is -2.20. The van der Waals surface area contributed by atoms with E-state index in [2.05, 4.69) is 16.0 Å². The Bertz CT molecular complexity index is 673. The fourth-order valence-corrected chi connectivity index (χ4v) is 1.95. The summed E-state index contributed by atoms with van der Waals surface area (Å²) in [6.45, 7) is 5.94. The Kier molecular flexibility index (Phi) is 5.05. The van der Waals surface area contributed by atoms with Crippen LogP contribution in [0.4, 0.5) is 11.4 Å². The molecule has 0 unspecified atom stereocenters. The van der Waals surface area contributed by atoms with Gasteiger partial charge < -0.3 is 20.4 Å². The summed E-state index contributed by atoms with van der Waals surface area (Å²) in [5, 5.41) is 8.64. The van der Waals surface area contributed by atoms with Gasteiger partial charge in [-0.1, -0.05) is 6.07 Å². The van der Waals surface area contributed by atoms with Crippen molar-refractivity contribution < 1.29 is 14.0 Å². The molecule has 0 aliphatic carbocycles. The van der Waals surface area contributed by atoms with Crippen molar-refractivity contribution in [1.82, 2.24) is 5.32 Å². The predicted molar refractivity (Wildman–Crippen MR) is 89.5 cm³/mol. The highest BCUT2D eigenvalue weighted by Gasteiger charge is 2.13. The summed E-state index contributed by atoms with van der Waals surface area (Å²) in [4.78, 5) is 23.7. The maximum absolute atomic E-state index is 11.9. The maximum atomic E-state index is 11.9. The third-order valence-electron chi connectivity index (χ3n) is 2.83. The summed E-state index contributed by atoms with van der Waals surface area (Å²) in [6.07, 6.45) is 1.45. The Balaban J connectivity index is 1.92. The van der Waals surface area contributed by atoms with Crippen molar-refractivity contribution in [2.45, 2.75) is 26.3 Å². The molecule has 122 valence electrons. The van der Waals surface area contributed by atoms with Gasteiger partial charge in [-0.2, -0.15) is 0 Å². The molecule has 0 saturated carbocycles. The van der Waals surface area contributed by atoms with E-state index in [0.29, 0.717) is 5.69 Å². The number of anilines is 2. The molecule has 3 N–H and O–H groups in total. The molecule has 1 aromatic heterocycles. The second-order valence-corrected chi connectivity index (χ2v) is 6.16. The first-order chi connectivity index (χ1) is 10.8. The molecule has 2 aromatic rings. The van der Waals surface area contributed by atoms with Crippen molar-refractivity contribution >= 4 is 23.2 Å². The summed E-state index contributed by atoms with van der Waals surface area (Å²) in [7, 11) is 0.